The minimum absolute atomic E-state index is 0.0440. The molecule has 2 aliphatic rings. The molecule has 4 heteroatoms. The average Bonchev–Trinajstić information content (AvgIpc) is 2.69. The van der Waals surface area contributed by atoms with E-state index >= 15 is 0 Å². The number of carbonyl (C=O) groups excluding carboxylic acids is 2. The lowest BCUT2D eigenvalue weighted by atomic mass is 9.88. The van der Waals surface area contributed by atoms with Gasteiger partial charge in [0.05, 0.1) is 0 Å². The zero-order valence-electron chi connectivity index (χ0n) is 11.6. The molecule has 2 aliphatic heterocycles. The van der Waals surface area contributed by atoms with Crippen LogP contribution in [0.5, 0.6) is 0 Å². The smallest absolute Gasteiger partial charge is 0.251 e. The minimum atomic E-state index is -0.0440. The SMILES string of the molecule is O=C1NCCCc2ccc(C(=O)C3CCNCC3)cc21. The van der Waals surface area contributed by atoms with Crippen LogP contribution < -0.4 is 10.6 Å². The summed E-state index contributed by atoms with van der Waals surface area (Å²) in [6.45, 7) is 2.52. The van der Waals surface area contributed by atoms with Crippen LogP contribution in [0.15, 0.2) is 18.2 Å². The Balaban J connectivity index is 1.87. The van der Waals surface area contributed by atoms with Gasteiger partial charge in [-0.1, -0.05) is 12.1 Å². The van der Waals surface area contributed by atoms with Gasteiger partial charge in [-0.3, -0.25) is 9.59 Å². The summed E-state index contributed by atoms with van der Waals surface area (Å²) in [5.41, 5.74) is 2.43. The van der Waals surface area contributed by atoms with E-state index in [4.69, 9.17) is 0 Å². The average molecular weight is 272 g/mol. The van der Waals surface area contributed by atoms with Crippen molar-refractivity contribution in [1.82, 2.24) is 10.6 Å². The molecule has 0 radical (unpaired) electrons. The zero-order chi connectivity index (χ0) is 13.9. The second-order valence-corrected chi connectivity index (χ2v) is 5.62. The maximum absolute atomic E-state index is 12.5. The predicted molar refractivity (Wildman–Crippen MR) is 77.0 cm³/mol. The van der Waals surface area contributed by atoms with Crippen molar-refractivity contribution in [2.24, 2.45) is 5.92 Å². The third kappa shape index (κ3) is 2.61. The van der Waals surface area contributed by atoms with Crippen molar-refractivity contribution < 1.29 is 9.59 Å². The number of hydrogen-bond acceptors (Lipinski definition) is 3. The Morgan fingerprint density at radius 1 is 1.15 bits per heavy atom. The van der Waals surface area contributed by atoms with E-state index in [2.05, 4.69) is 10.6 Å². The molecule has 20 heavy (non-hydrogen) atoms. The molecule has 1 fully saturated rings. The van der Waals surface area contributed by atoms with Crippen molar-refractivity contribution in [3.8, 4) is 0 Å². The fourth-order valence-corrected chi connectivity index (χ4v) is 3.05. The molecule has 0 bridgehead atoms. The topological polar surface area (TPSA) is 58.2 Å². The molecule has 106 valence electrons. The first-order chi connectivity index (χ1) is 9.75. The number of Topliss-reactive ketones (excluding diaryl/α,β-unsaturated/α-hetero) is 1. The Kier molecular flexibility index (Phi) is 3.83. The van der Waals surface area contributed by atoms with Crippen molar-refractivity contribution in [3.05, 3.63) is 34.9 Å². The van der Waals surface area contributed by atoms with Gasteiger partial charge < -0.3 is 10.6 Å². The second-order valence-electron chi connectivity index (χ2n) is 5.62. The molecule has 0 aromatic heterocycles. The van der Waals surface area contributed by atoms with Crippen molar-refractivity contribution in [1.29, 1.82) is 0 Å². The van der Waals surface area contributed by atoms with E-state index in [1.807, 2.05) is 12.1 Å². The number of ketones is 1. The lowest BCUT2D eigenvalue weighted by Gasteiger charge is -2.21. The largest absolute Gasteiger partial charge is 0.352 e. The number of aryl methyl sites for hydroxylation is 1. The highest BCUT2D eigenvalue weighted by atomic mass is 16.1. The van der Waals surface area contributed by atoms with Crippen LogP contribution in [-0.4, -0.2) is 31.3 Å². The van der Waals surface area contributed by atoms with Gasteiger partial charge in [0.2, 0.25) is 0 Å². The van der Waals surface area contributed by atoms with Crippen LogP contribution in [0.3, 0.4) is 0 Å². The van der Waals surface area contributed by atoms with Gasteiger partial charge in [-0.2, -0.15) is 0 Å². The van der Waals surface area contributed by atoms with E-state index in [1.54, 1.807) is 6.07 Å². The number of fused-ring (bicyclic) bond motifs is 1. The Morgan fingerprint density at radius 3 is 2.75 bits per heavy atom. The summed E-state index contributed by atoms with van der Waals surface area (Å²) in [5.74, 6) is 0.243. The van der Waals surface area contributed by atoms with Crippen LogP contribution in [0.1, 0.15) is 45.5 Å². The quantitative estimate of drug-likeness (QED) is 0.803. The van der Waals surface area contributed by atoms with Crippen molar-refractivity contribution in [2.75, 3.05) is 19.6 Å². The highest BCUT2D eigenvalue weighted by molar-refractivity contribution is 6.02. The Morgan fingerprint density at radius 2 is 1.95 bits per heavy atom. The van der Waals surface area contributed by atoms with Crippen LogP contribution in [0.2, 0.25) is 0 Å². The molecule has 1 saturated heterocycles. The van der Waals surface area contributed by atoms with E-state index in [9.17, 15) is 9.59 Å². The maximum atomic E-state index is 12.5. The zero-order valence-corrected chi connectivity index (χ0v) is 11.6. The summed E-state index contributed by atoms with van der Waals surface area (Å²) >= 11 is 0. The van der Waals surface area contributed by atoms with Crippen LogP contribution in [-0.2, 0) is 6.42 Å². The Bertz CT molecular complexity index is 533. The Hall–Kier alpha value is -1.68. The van der Waals surface area contributed by atoms with Gasteiger partial charge in [0.15, 0.2) is 5.78 Å². The van der Waals surface area contributed by atoms with Gasteiger partial charge in [0, 0.05) is 23.6 Å². The summed E-state index contributed by atoms with van der Waals surface area (Å²) < 4.78 is 0. The number of nitrogens with one attached hydrogen (secondary N) is 2. The first-order valence-corrected chi connectivity index (χ1v) is 7.42. The van der Waals surface area contributed by atoms with Gasteiger partial charge in [-0.05, 0) is 50.4 Å². The number of benzene rings is 1. The predicted octanol–water partition coefficient (Wildman–Crippen LogP) is 1.54. The van der Waals surface area contributed by atoms with Crippen LogP contribution >= 0.6 is 0 Å². The highest BCUT2D eigenvalue weighted by Gasteiger charge is 2.24. The van der Waals surface area contributed by atoms with Gasteiger partial charge in [0.1, 0.15) is 0 Å². The van der Waals surface area contributed by atoms with Crippen LogP contribution in [0, 0.1) is 5.92 Å². The molecule has 0 unspecified atom stereocenters. The first kappa shape index (κ1) is 13.3. The van der Waals surface area contributed by atoms with E-state index in [0.29, 0.717) is 17.7 Å². The van der Waals surface area contributed by atoms with Crippen molar-refractivity contribution in [3.63, 3.8) is 0 Å². The molecule has 0 saturated carbocycles. The minimum Gasteiger partial charge on any atom is -0.352 e. The van der Waals surface area contributed by atoms with E-state index in [0.717, 1.165) is 44.3 Å². The number of rotatable bonds is 2. The monoisotopic (exact) mass is 272 g/mol. The third-order valence-corrected chi connectivity index (χ3v) is 4.26. The van der Waals surface area contributed by atoms with Crippen molar-refractivity contribution >= 4 is 11.7 Å². The summed E-state index contributed by atoms with van der Waals surface area (Å²) in [6.07, 6.45) is 3.64. The van der Waals surface area contributed by atoms with E-state index in [-0.39, 0.29) is 17.6 Å². The molecular weight excluding hydrogens is 252 g/mol. The standard InChI is InChI=1S/C16H20N2O2/c19-15(12-5-8-17-9-6-12)13-4-3-11-2-1-7-18-16(20)14(11)10-13/h3-4,10,12,17H,1-2,5-9H2,(H,18,20). The number of piperidine rings is 1. The highest BCUT2D eigenvalue weighted by Crippen LogP contribution is 2.22. The first-order valence-electron chi connectivity index (χ1n) is 7.42. The third-order valence-electron chi connectivity index (χ3n) is 4.26. The molecule has 2 heterocycles. The summed E-state index contributed by atoms with van der Waals surface area (Å²) in [6, 6.07) is 5.64. The number of carbonyl (C=O) groups is 2. The molecule has 1 aromatic carbocycles. The normalized spacial score (nSPS) is 19.9. The fourth-order valence-electron chi connectivity index (χ4n) is 3.05. The molecule has 0 spiro atoms. The summed E-state index contributed by atoms with van der Waals surface area (Å²) in [5, 5.41) is 6.16. The number of hydrogen-bond donors (Lipinski definition) is 2. The molecule has 1 aromatic rings. The van der Waals surface area contributed by atoms with Gasteiger partial charge in [0.25, 0.3) is 5.91 Å². The molecule has 0 atom stereocenters. The second kappa shape index (κ2) is 5.75. The van der Waals surface area contributed by atoms with Gasteiger partial charge in [-0.15, -0.1) is 0 Å². The molecule has 2 N–H and O–H groups in total. The van der Waals surface area contributed by atoms with Crippen LogP contribution in [0.4, 0.5) is 0 Å². The summed E-state index contributed by atoms with van der Waals surface area (Å²) in [4.78, 5) is 24.5. The molecule has 1 amide bonds. The fraction of sp³-hybridized carbons (Fsp3) is 0.500. The number of amides is 1. The molecular formula is C16H20N2O2. The lowest BCUT2D eigenvalue weighted by molar-refractivity contribution is 0.0895. The molecule has 3 rings (SSSR count). The Labute approximate surface area is 118 Å². The lowest BCUT2D eigenvalue weighted by Crippen LogP contribution is -2.32. The molecule has 4 nitrogen and oxygen atoms in total. The van der Waals surface area contributed by atoms with Crippen LogP contribution in [0.25, 0.3) is 0 Å². The van der Waals surface area contributed by atoms with Gasteiger partial charge >= 0.3 is 0 Å². The van der Waals surface area contributed by atoms with Gasteiger partial charge in [-0.25, -0.2) is 0 Å². The summed E-state index contributed by atoms with van der Waals surface area (Å²) in [7, 11) is 0. The molecule has 0 aliphatic carbocycles. The van der Waals surface area contributed by atoms with E-state index < -0.39 is 0 Å². The van der Waals surface area contributed by atoms with E-state index in [1.165, 1.54) is 0 Å². The maximum Gasteiger partial charge on any atom is 0.251 e. The van der Waals surface area contributed by atoms with Crippen molar-refractivity contribution in [2.45, 2.75) is 25.7 Å².